The van der Waals surface area contributed by atoms with Crippen molar-refractivity contribution in [1.82, 2.24) is 34.1 Å². The lowest BCUT2D eigenvalue weighted by Crippen LogP contribution is -2.48. The zero-order valence-corrected chi connectivity index (χ0v) is 51.9. The van der Waals surface area contributed by atoms with E-state index >= 15 is 0 Å². The number of carbonyl (C=O) groups is 4. The summed E-state index contributed by atoms with van der Waals surface area (Å²) in [6.45, 7) is 3.42. The van der Waals surface area contributed by atoms with Gasteiger partial charge in [0.05, 0.1) is 12.7 Å². The van der Waals surface area contributed by atoms with Gasteiger partial charge in [0.15, 0.2) is 46.0 Å². The number of ether oxygens (including phenoxy) is 2. The van der Waals surface area contributed by atoms with E-state index in [1.807, 2.05) is 173 Å². The van der Waals surface area contributed by atoms with Crippen molar-refractivity contribution in [3.8, 4) is 33.8 Å². The van der Waals surface area contributed by atoms with E-state index in [2.05, 4.69) is 21.0 Å². The van der Waals surface area contributed by atoms with Gasteiger partial charge in [-0.15, -0.1) is 0 Å². The van der Waals surface area contributed by atoms with Crippen LogP contribution in [0.2, 0.25) is 5.02 Å². The number of imidazole rings is 1. The predicted molar refractivity (Wildman–Crippen MR) is 353 cm³/mol. The maximum atomic E-state index is 13.9. The number of likely N-dealkylation sites (N-methyl/N-ethyl adjacent to an activating group) is 1. The standard InChI is InChI=1S/C28H29N5O2.C24H24ClN5O.C20H19N3O3/c29-27-31-28(23-7-3-1-4-8-23,24-9-5-2-6-10-24)26(35)33(27)20-22-13-17-32(18-14-22)25(34)19-21-11-15-30-16-12-21;25-21-7-2-5-18(15-21)17-4-1-6-20(14-17)24(19-8-9-19)22(31)30(23(26)28-24)12-3-11-29-13-10-27-16-29;1-23-18(24)20(14-6-7-14,22-19(23)21)15-4-2-3-12(9-15)13-5-8-16-17(10-13)26-11-25-16/h1-12,15-16,22H,13-14,17-20H2,(H2,29,31);1-2,4-7,10,13-16,19H,3,8-9,11-12H2,(H2,26,28);2-5,8-10,14H,6-7,11H2,1H3,(H2,21,22). The molecule has 2 atom stereocenters. The number of hydrogen-bond acceptors (Lipinski definition) is 14. The monoisotopic (exact) mass is 1250 g/mol. The Kier molecular flexibility index (Phi) is 16.9. The summed E-state index contributed by atoms with van der Waals surface area (Å²) in [6, 6.07) is 52.7. The maximum absolute atomic E-state index is 13.9. The van der Waals surface area contributed by atoms with Crippen LogP contribution in [0.3, 0.4) is 0 Å². The molecule has 7 aliphatic rings. The average molecular weight is 1250 g/mol. The van der Waals surface area contributed by atoms with Gasteiger partial charge in [-0.25, -0.2) is 20.0 Å². The third-order valence-electron chi connectivity index (χ3n) is 18.6. The second-order valence-corrected chi connectivity index (χ2v) is 24.9. The Morgan fingerprint density at radius 1 is 0.554 bits per heavy atom. The minimum Gasteiger partial charge on any atom is -0.454 e. The molecule has 2 aromatic heterocycles. The first-order chi connectivity index (χ1) is 44.7. The molecular weight excluding hydrogens is 1180 g/mol. The smallest absolute Gasteiger partial charge is 0.266 e. The first kappa shape index (κ1) is 60.8. The summed E-state index contributed by atoms with van der Waals surface area (Å²) < 4.78 is 12.9. The van der Waals surface area contributed by atoms with Gasteiger partial charge in [-0.3, -0.25) is 38.9 Å². The number of hydrogen-bond donors (Lipinski definition) is 3. The Bertz CT molecular complexity index is 4100. The van der Waals surface area contributed by atoms with Crippen molar-refractivity contribution in [2.45, 2.75) is 74.5 Å². The van der Waals surface area contributed by atoms with E-state index in [1.165, 1.54) is 4.90 Å². The highest BCUT2D eigenvalue weighted by Gasteiger charge is 2.59. The molecule has 15 rings (SSSR count). The SMILES string of the molecule is CN1C(=O)C(c2cccc(-c3ccc4c(c3)OCO4)c2)(C2CC2)N=C1N.NC1=NC(c2cccc(-c3cccc(Cl)c3)c2)(C2CC2)C(=O)N1CCCn1ccnc1.NC1=NC(c2ccccc2)(c2ccccc2)C(=O)N1CC1CCN(C(=O)Cc2ccncc2)CC1. The third-order valence-corrected chi connectivity index (χ3v) is 18.8. The Balaban J connectivity index is 0.000000127. The molecule has 20 heteroatoms. The maximum Gasteiger partial charge on any atom is 0.266 e. The van der Waals surface area contributed by atoms with Crippen molar-refractivity contribution in [2.24, 2.45) is 49.9 Å². The van der Waals surface area contributed by atoms with Gasteiger partial charge in [-0.2, -0.15) is 0 Å². The molecule has 4 amide bonds. The van der Waals surface area contributed by atoms with Gasteiger partial charge in [-0.1, -0.05) is 127 Å². The third kappa shape index (κ3) is 11.8. The van der Waals surface area contributed by atoms with Crippen molar-refractivity contribution in [3.63, 3.8) is 0 Å². The van der Waals surface area contributed by atoms with Crippen molar-refractivity contribution >= 4 is 53.1 Å². The van der Waals surface area contributed by atoms with E-state index in [-0.39, 0.29) is 60.1 Å². The van der Waals surface area contributed by atoms with Crippen LogP contribution < -0.4 is 26.7 Å². The number of aryl methyl sites for hydroxylation is 1. The van der Waals surface area contributed by atoms with Crippen molar-refractivity contribution < 1.29 is 28.7 Å². The first-order valence-electron chi connectivity index (χ1n) is 31.3. The molecule has 2 unspecified atom stereocenters. The van der Waals surface area contributed by atoms with Crippen LogP contribution in [0.4, 0.5) is 0 Å². The fourth-order valence-electron chi connectivity index (χ4n) is 13.4. The Labute approximate surface area is 539 Å². The summed E-state index contributed by atoms with van der Waals surface area (Å²) in [7, 11) is 1.69. The number of aromatic nitrogens is 3. The highest BCUT2D eigenvalue weighted by atomic mass is 35.5. The van der Waals surface area contributed by atoms with Crippen molar-refractivity contribution in [3.05, 3.63) is 228 Å². The lowest BCUT2D eigenvalue weighted by molar-refractivity contribution is -0.133. The number of carbonyl (C=O) groups excluding carboxylic acids is 4. The van der Waals surface area contributed by atoms with Crippen LogP contribution in [-0.4, -0.2) is 116 Å². The number of likely N-dealkylation sites (tertiary alicyclic amines) is 1. The fraction of sp³-hybridized carbons (Fsp3) is 0.292. The van der Waals surface area contributed by atoms with Crippen LogP contribution in [0.25, 0.3) is 22.3 Å². The molecule has 92 heavy (non-hydrogen) atoms. The lowest BCUT2D eigenvalue weighted by atomic mass is 9.82. The van der Waals surface area contributed by atoms with Crippen LogP contribution in [0.15, 0.2) is 210 Å². The molecule has 8 aromatic rings. The number of nitrogens with two attached hydrogens (primary N) is 3. The number of fused-ring (bicyclic) bond motifs is 1. The molecule has 2 aliphatic carbocycles. The second-order valence-electron chi connectivity index (χ2n) is 24.4. The van der Waals surface area contributed by atoms with Gasteiger partial charge in [-0.05, 0) is 161 Å². The molecule has 5 aliphatic heterocycles. The van der Waals surface area contributed by atoms with Crippen molar-refractivity contribution in [1.29, 1.82) is 0 Å². The number of aliphatic imine (C=N–C) groups is 3. The first-order valence-corrected chi connectivity index (χ1v) is 31.7. The van der Waals surface area contributed by atoms with Crippen molar-refractivity contribution in [2.75, 3.05) is 40.0 Å². The Morgan fingerprint density at radius 2 is 1.12 bits per heavy atom. The largest absolute Gasteiger partial charge is 0.454 e. The van der Waals surface area contributed by atoms with Gasteiger partial charge in [0.1, 0.15) is 0 Å². The number of rotatable bonds is 16. The zero-order valence-electron chi connectivity index (χ0n) is 51.1. The van der Waals surface area contributed by atoms with Gasteiger partial charge in [0, 0.05) is 69.6 Å². The number of amides is 4. The predicted octanol–water partition coefficient (Wildman–Crippen LogP) is 9.49. The van der Waals surface area contributed by atoms with E-state index in [0.29, 0.717) is 43.6 Å². The van der Waals surface area contributed by atoms with Gasteiger partial charge >= 0.3 is 0 Å². The van der Waals surface area contributed by atoms with E-state index in [1.54, 1.807) is 41.8 Å². The topological polar surface area (TPSA) is 246 Å². The molecule has 19 nitrogen and oxygen atoms in total. The summed E-state index contributed by atoms with van der Waals surface area (Å²) in [6.07, 6.45) is 15.6. The zero-order chi connectivity index (χ0) is 63.6. The minimum atomic E-state index is -1.17. The summed E-state index contributed by atoms with van der Waals surface area (Å²) >= 11 is 6.19. The molecule has 2 saturated carbocycles. The minimum absolute atomic E-state index is 0.0126. The van der Waals surface area contributed by atoms with Crippen LogP contribution in [0, 0.1) is 17.8 Å². The van der Waals surface area contributed by atoms with Gasteiger partial charge < -0.3 is 36.1 Å². The van der Waals surface area contributed by atoms with E-state index < -0.39 is 16.6 Å². The summed E-state index contributed by atoms with van der Waals surface area (Å²) in [4.78, 5) is 82.4. The van der Waals surface area contributed by atoms with Crippen LogP contribution in [0.1, 0.15) is 72.8 Å². The average Bonchev–Trinajstić information content (AvgIpc) is 1.58. The molecule has 1 saturated heterocycles. The molecular formula is C72H72ClN13O6. The van der Waals surface area contributed by atoms with Gasteiger partial charge in [0.2, 0.25) is 12.7 Å². The molecule has 0 bridgehead atoms. The van der Waals surface area contributed by atoms with Gasteiger partial charge in [0.25, 0.3) is 17.7 Å². The van der Waals surface area contributed by atoms with Crippen LogP contribution in [-0.2, 0) is 48.8 Å². The number of halogens is 1. The normalized spacial score (nSPS) is 20.7. The molecule has 0 radical (unpaired) electrons. The number of nitrogens with zero attached hydrogens (tertiary/aromatic N) is 10. The summed E-state index contributed by atoms with van der Waals surface area (Å²) in [5, 5.41) is 0.683. The van der Waals surface area contributed by atoms with Crippen LogP contribution in [0.5, 0.6) is 11.5 Å². The Hall–Kier alpha value is -10.1. The lowest BCUT2D eigenvalue weighted by Gasteiger charge is -2.34. The second kappa shape index (κ2) is 25.6. The molecule has 468 valence electrons. The Morgan fingerprint density at radius 3 is 1.71 bits per heavy atom. The van der Waals surface area contributed by atoms with Crippen LogP contribution >= 0.6 is 11.6 Å². The number of pyridine rings is 1. The summed E-state index contributed by atoms with van der Waals surface area (Å²) in [5.41, 5.74) is 24.1. The molecule has 7 heterocycles. The highest BCUT2D eigenvalue weighted by Crippen LogP contribution is 2.54. The van der Waals surface area contributed by atoms with E-state index in [4.69, 9.17) is 48.3 Å². The van der Waals surface area contributed by atoms with E-state index in [0.717, 1.165) is 113 Å². The fourth-order valence-corrected chi connectivity index (χ4v) is 13.6. The number of piperidine rings is 1. The number of guanidine groups is 3. The molecule has 3 fully saturated rings. The summed E-state index contributed by atoms with van der Waals surface area (Å²) in [5.74, 6) is 2.95. The quantitative estimate of drug-likeness (QED) is 0.0822. The number of benzene rings is 6. The van der Waals surface area contributed by atoms with E-state index in [9.17, 15) is 19.2 Å². The molecule has 6 aromatic carbocycles. The molecule has 0 spiro atoms. The highest BCUT2D eigenvalue weighted by molar-refractivity contribution is 6.30. The molecule has 6 N–H and O–H groups in total.